The molecule has 7 heteroatoms. The van der Waals surface area contributed by atoms with Crippen LogP contribution in [-0.2, 0) is 19.1 Å². The van der Waals surface area contributed by atoms with Gasteiger partial charge in [-0.3, -0.25) is 9.69 Å². The first-order valence-electron chi connectivity index (χ1n) is 9.55. The van der Waals surface area contributed by atoms with Gasteiger partial charge in [-0.1, -0.05) is 18.2 Å². The van der Waals surface area contributed by atoms with Gasteiger partial charge in [0.15, 0.2) is 5.76 Å². The standard InChI is InChI=1S/C21H25F3N2O2/c1-25-20(27)19-11-10-17(28-19)14-26-12-4-5-15(13-26)8-9-16-6-2-3-7-18(16)21(22,23)24/h2-3,6-7,10-11,15H,4-5,8-9,12-14H2,1H3,(H,25,27)/t15-/m0/s1. The van der Waals surface area contributed by atoms with Crippen molar-refractivity contribution in [2.75, 3.05) is 20.1 Å². The summed E-state index contributed by atoms with van der Waals surface area (Å²) in [5.41, 5.74) is -0.159. The Labute approximate surface area is 162 Å². The zero-order valence-corrected chi connectivity index (χ0v) is 15.9. The number of furan rings is 1. The van der Waals surface area contributed by atoms with Gasteiger partial charge in [0.05, 0.1) is 12.1 Å². The van der Waals surface area contributed by atoms with Crippen molar-refractivity contribution in [3.8, 4) is 0 Å². The molecule has 0 radical (unpaired) electrons. The van der Waals surface area contributed by atoms with Crippen molar-refractivity contribution in [1.82, 2.24) is 10.2 Å². The van der Waals surface area contributed by atoms with Gasteiger partial charge in [-0.25, -0.2) is 0 Å². The Morgan fingerprint density at radius 3 is 2.79 bits per heavy atom. The zero-order chi connectivity index (χ0) is 20.1. The third-order valence-corrected chi connectivity index (χ3v) is 5.24. The third kappa shape index (κ3) is 5.16. The van der Waals surface area contributed by atoms with Crippen LogP contribution in [0.5, 0.6) is 0 Å². The van der Waals surface area contributed by atoms with Crippen LogP contribution < -0.4 is 5.32 Å². The van der Waals surface area contributed by atoms with E-state index in [2.05, 4.69) is 10.2 Å². The van der Waals surface area contributed by atoms with E-state index in [0.29, 0.717) is 24.4 Å². The number of halogens is 3. The lowest BCUT2D eigenvalue weighted by Gasteiger charge is -2.32. The van der Waals surface area contributed by atoms with Gasteiger partial charge >= 0.3 is 6.18 Å². The molecule has 1 aliphatic rings. The van der Waals surface area contributed by atoms with E-state index in [1.807, 2.05) is 0 Å². The number of piperidine rings is 1. The Morgan fingerprint density at radius 2 is 2.04 bits per heavy atom. The number of amides is 1. The quantitative estimate of drug-likeness (QED) is 0.785. The zero-order valence-electron chi connectivity index (χ0n) is 15.9. The number of hydrogen-bond donors (Lipinski definition) is 1. The van der Waals surface area contributed by atoms with Crippen molar-refractivity contribution in [3.05, 3.63) is 59.0 Å². The maximum absolute atomic E-state index is 13.2. The first kappa shape index (κ1) is 20.5. The molecule has 0 bridgehead atoms. The van der Waals surface area contributed by atoms with Crippen molar-refractivity contribution in [2.45, 2.75) is 38.4 Å². The predicted molar refractivity (Wildman–Crippen MR) is 99.9 cm³/mol. The fraction of sp³-hybridized carbons (Fsp3) is 0.476. The summed E-state index contributed by atoms with van der Waals surface area (Å²) in [6.45, 7) is 2.35. The number of hydrogen-bond acceptors (Lipinski definition) is 3. The average Bonchev–Trinajstić information content (AvgIpc) is 3.14. The Bertz CT molecular complexity index is 801. The summed E-state index contributed by atoms with van der Waals surface area (Å²) in [5, 5.41) is 2.53. The molecule has 1 N–H and O–H groups in total. The fourth-order valence-electron chi connectivity index (χ4n) is 3.83. The molecule has 1 aromatic heterocycles. The third-order valence-electron chi connectivity index (χ3n) is 5.24. The second kappa shape index (κ2) is 8.82. The number of carbonyl (C=O) groups is 1. The van der Waals surface area contributed by atoms with E-state index in [1.165, 1.54) is 6.07 Å². The molecule has 28 heavy (non-hydrogen) atoms. The normalized spacial score (nSPS) is 18.2. The lowest BCUT2D eigenvalue weighted by molar-refractivity contribution is -0.138. The van der Waals surface area contributed by atoms with Crippen LogP contribution in [0.3, 0.4) is 0 Å². The second-order valence-electron chi connectivity index (χ2n) is 7.28. The lowest BCUT2D eigenvalue weighted by atomic mass is 9.90. The average molecular weight is 394 g/mol. The first-order chi connectivity index (χ1) is 13.4. The van der Waals surface area contributed by atoms with Gasteiger partial charge in [-0.05, 0) is 61.9 Å². The van der Waals surface area contributed by atoms with Gasteiger partial charge in [0.25, 0.3) is 5.91 Å². The SMILES string of the molecule is CNC(=O)c1ccc(CN2CCC[C@@H](CCc3ccccc3C(F)(F)F)C2)o1. The minimum absolute atomic E-state index is 0.258. The minimum atomic E-state index is -4.31. The molecular weight excluding hydrogens is 369 g/mol. The number of nitrogens with one attached hydrogen (secondary N) is 1. The van der Waals surface area contributed by atoms with E-state index in [0.717, 1.165) is 44.2 Å². The van der Waals surface area contributed by atoms with E-state index in [-0.39, 0.29) is 11.7 Å². The Kier molecular flexibility index (Phi) is 6.44. The molecule has 0 saturated carbocycles. The molecule has 2 aromatic rings. The smallest absolute Gasteiger partial charge is 0.416 e. The molecule has 4 nitrogen and oxygen atoms in total. The highest BCUT2D eigenvalue weighted by molar-refractivity contribution is 5.91. The number of rotatable bonds is 6. The number of carbonyl (C=O) groups excluding carboxylic acids is 1. The van der Waals surface area contributed by atoms with Crippen molar-refractivity contribution in [1.29, 1.82) is 0 Å². The van der Waals surface area contributed by atoms with Crippen LogP contribution in [0.15, 0.2) is 40.8 Å². The lowest BCUT2D eigenvalue weighted by Crippen LogP contribution is -2.35. The predicted octanol–water partition coefficient (Wildman–Crippen LogP) is 4.50. The summed E-state index contributed by atoms with van der Waals surface area (Å²) in [5.74, 6) is 1.10. The maximum atomic E-state index is 13.2. The molecular formula is C21H25F3N2O2. The van der Waals surface area contributed by atoms with E-state index >= 15 is 0 Å². The Balaban J connectivity index is 1.56. The van der Waals surface area contributed by atoms with Crippen LogP contribution in [0.25, 0.3) is 0 Å². The largest absolute Gasteiger partial charge is 0.455 e. The second-order valence-corrected chi connectivity index (χ2v) is 7.28. The molecule has 1 aliphatic heterocycles. The summed E-state index contributed by atoms with van der Waals surface area (Å²) >= 11 is 0. The monoisotopic (exact) mass is 394 g/mol. The minimum Gasteiger partial charge on any atom is -0.455 e. The van der Waals surface area contributed by atoms with E-state index < -0.39 is 11.7 Å². The van der Waals surface area contributed by atoms with E-state index in [9.17, 15) is 18.0 Å². The summed E-state index contributed by atoms with van der Waals surface area (Å²) in [4.78, 5) is 13.8. The Hall–Kier alpha value is -2.28. The van der Waals surface area contributed by atoms with Crippen molar-refractivity contribution < 1.29 is 22.4 Å². The van der Waals surface area contributed by atoms with Gasteiger partial charge in [-0.2, -0.15) is 13.2 Å². The highest BCUT2D eigenvalue weighted by Gasteiger charge is 2.33. The Morgan fingerprint density at radius 1 is 1.25 bits per heavy atom. The number of nitrogens with zero attached hydrogens (tertiary/aromatic N) is 1. The van der Waals surface area contributed by atoms with Crippen LogP contribution in [0.1, 0.15) is 46.7 Å². The number of benzene rings is 1. The van der Waals surface area contributed by atoms with Gasteiger partial charge in [0.2, 0.25) is 0 Å². The summed E-state index contributed by atoms with van der Waals surface area (Å²) in [6.07, 6.45) is -1.13. The molecule has 1 amide bonds. The molecule has 0 spiro atoms. The first-order valence-corrected chi connectivity index (χ1v) is 9.55. The molecule has 1 atom stereocenters. The van der Waals surface area contributed by atoms with Gasteiger partial charge < -0.3 is 9.73 Å². The summed E-state index contributed by atoms with van der Waals surface area (Å²) < 4.78 is 45.0. The molecule has 0 unspecified atom stereocenters. The highest BCUT2D eigenvalue weighted by atomic mass is 19.4. The van der Waals surface area contributed by atoms with Gasteiger partial charge in [-0.15, -0.1) is 0 Å². The van der Waals surface area contributed by atoms with Gasteiger partial charge in [0.1, 0.15) is 5.76 Å². The fourth-order valence-corrected chi connectivity index (χ4v) is 3.83. The van der Waals surface area contributed by atoms with Crippen LogP contribution in [0.4, 0.5) is 13.2 Å². The van der Waals surface area contributed by atoms with E-state index in [4.69, 9.17) is 4.42 Å². The molecule has 1 aromatic carbocycles. The molecule has 1 saturated heterocycles. The molecule has 152 valence electrons. The summed E-state index contributed by atoms with van der Waals surface area (Å²) in [7, 11) is 1.55. The van der Waals surface area contributed by atoms with Crippen LogP contribution >= 0.6 is 0 Å². The number of aryl methyl sites for hydroxylation is 1. The van der Waals surface area contributed by atoms with Gasteiger partial charge in [0, 0.05) is 13.6 Å². The van der Waals surface area contributed by atoms with Crippen molar-refractivity contribution in [3.63, 3.8) is 0 Å². The highest BCUT2D eigenvalue weighted by Crippen LogP contribution is 2.33. The van der Waals surface area contributed by atoms with Crippen molar-refractivity contribution >= 4 is 5.91 Å². The van der Waals surface area contributed by atoms with Crippen LogP contribution in [0, 0.1) is 5.92 Å². The summed E-state index contributed by atoms with van der Waals surface area (Å²) in [6, 6.07) is 9.29. The topological polar surface area (TPSA) is 45.5 Å². The van der Waals surface area contributed by atoms with Crippen LogP contribution in [-0.4, -0.2) is 30.9 Å². The molecule has 2 heterocycles. The maximum Gasteiger partial charge on any atom is 0.416 e. The molecule has 3 rings (SSSR count). The number of likely N-dealkylation sites (tertiary alicyclic amines) is 1. The molecule has 0 aliphatic carbocycles. The molecule has 1 fully saturated rings. The van der Waals surface area contributed by atoms with Crippen LogP contribution in [0.2, 0.25) is 0 Å². The van der Waals surface area contributed by atoms with Crippen molar-refractivity contribution in [2.24, 2.45) is 5.92 Å². The number of alkyl halides is 3. The van der Waals surface area contributed by atoms with E-state index in [1.54, 1.807) is 31.3 Å².